The Morgan fingerprint density at radius 3 is 2.70 bits per heavy atom. The summed E-state index contributed by atoms with van der Waals surface area (Å²) in [6.45, 7) is 3.99. The lowest BCUT2D eigenvalue weighted by Crippen LogP contribution is -2.54. The summed E-state index contributed by atoms with van der Waals surface area (Å²) in [5.74, 6) is 0.466. The van der Waals surface area contributed by atoms with E-state index in [1.54, 1.807) is 12.4 Å². The summed E-state index contributed by atoms with van der Waals surface area (Å²) in [6, 6.07) is 3.88. The SMILES string of the molecule is O=C1CCC2(CCN(C(=O)[C@@H]3C=CCN3)CC2)CN1CCc1ccncc1. The fraction of sp³-hybridized carbons (Fsp3) is 0.571. The standard InChI is InChI=1S/C21H28N4O2/c26-19-3-7-21(16-25(19)13-6-17-4-11-22-12-5-17)8-14-24(15-9-21)20(27)18-2-1-10-23-18/h1-2,4-5,11-12,18,23H,3,6-10,13-16H2/t18-/m0/s1. The first kappa shape index (κ1) is 18.2. The zero-order valence-corrected chi connectivity index (χ0v) is 15.8. The summed E-state index contributed by atoms with van der Waals surface area (Å²) in [4.78, 5) is 33.1. The molecule has 4 heterocycles. The quantitative estimate of drug-likeness (QED) is 0.816. The van der Waals surface area contributed by atoms with Gasteiger partial charge >= 0.3 is 0 Å². The van der Waals surface area contributed by atoms with E-state index in [2.05, 4.69) is 10.3 Å². The van der Waals surface area contributed by atoms with Crippen LogP contribution in [0.25, 0.3) is 0 Å². The molecule has 4 rings (SSSR count). The maximum absolute atomic E-state index is 12.6. The van der Waals surface area contributed by atoms with Crippen molar-refractivity contribution in [2.75, 3.05) is 32.7 Å². The maximum atomic E-state index is 12.6. The first-order chi connectivity index (χ1) is 13.2. The molecule has 27 heavy (non-hydrogen) atoms. The highest BCUT2D eigenvalue weighted by Gasteiger charge is 2.42. The van der Waals surface area contributed by atoms with Crippen molar-refractivity contribution in [3.05, 3.63) is 42.2 Å². The molecule has 2 amide bonds. The van der Waals surface area contributed by atoms with Crippen molar-refractivity contribution in [2.24, 2.45) is 5.41 Å². The summed E-state index contributed by atoms with van der Waals surface area (Å²) in [6.07, 6.45) is 12.0. The van der Waals surface area contributed by atoms with Crippen LogP contribution in [-0.2, 0) is 16.0 Å². The molecule has 0 bridgehead atoms. The van der Waals surface area contributed by atoms with Gasteiger partial charge in [0.05, 0.1) is 0 Å². The molecule has 1 spiro atoms. The number of hydrogen-bond acceptors (Lipinski definition) is 4. The van der Waals surface area contributed by atoms with E-state index < -0.39 is 0 Å². The smallest absolute Gasteiger partial charge is 0.243 e. The van der Waals surface area contributed by atoms with E-state index >= 15 is 0 Å². The number of carbonyl (C=O) groups excluding carboxylic acids is 2. The van der Waals surface area contributed by atoms with Gasteiger partial charge in [-0.15, -0.1) is 0 Å². The number of pyridine rings is 1. The summed E-state index contributed by atoms with van der Waals surface area (Å²) in [5.41, 5.74) is 1.40. The number of nitrogens with zero attached hydrogens (tertiary/aromatic N) is 3. The number of rotatable bonds is 4. The summed E-state index contributed by atoms with van der Waals surface area (Å²) >= 11 is 0. The number of likely N-dealkylation sites (tertiary alicyclic amines) is 2. The van der Waals surface area contributed by atoms with Gasteiger partial charge < -0.3 is 9.80 Å². The second-order valence-corrected chi connectivity index (χ2v) is 8.06. The predicted molar refractivity (Wildman–Crippen MR) is 103 cm³/mol. The van der Waals surface area contributed by atoms with Crippen LogP contribution in [0.15, 0.2) is 36.7 Å². The lowest BCUT2D eigenvalue weighted by atomic mass is 9.72. The van der Waals surface area contributed by atoms with Gasteiger partial charge in [-0.05, 0) is 48.8 Å². The number of nitrogens with one attached hydrogen (secondary N) is 1. The van der Waals surface area contributed by atoms with Crippen LogP contribution in [0.3, 0.4) is 0 Å². The molecule has 1 atom stereocenters. The van der Waals surface area contributed by atoms with Gasteiger partial charge in [-0.25, -0.2) is 0 Å². The molecule has 144 valence electrons. The van der Waals surface area contributed by atoms with Gasteiger partial charge in [0.1, 0.15) is 6.04 Å². The number of carbonyl (C=O) groups is 2. The van der Waals surface area contributed by atoms with Crippen molar-refractivity contribution < 1.29 is 9.59 Å². The molecule has 6 nitrogen and oxygen atoms in total. The molecule has 3 aliphatic rings. The fourth-order valence-electron chi connectivity index (χ4n) is 4.56. The zero-order chi connectivity index (χ0) is 18.7. The van der Waals surface area contributed by atoms with Crippen molar-refractivity contribution in [3.63, 3.8) is 0 Å². The third-order valence-corrected chi connectivity index (χ3v) is 6.35. The first-order valence-electron chi connectivity index (χ1n) is 10.0. The molecule has 0 radical (unpaired) electrons. The molecule has 0 aliphatic carbocycles. The molecule has 2 saturated heterocycles. The van der Waals surface area contributed by atoms with Crippen LogP contribution in [0.5, 0.6) is 0 Å². The Hall–Kier alpha value is -2.21. The first-order valence-corrected chi connectivity index (χ1v) is 10.0. The van der Waals surface area contributed by atoms with Gasteiger partial charge in [0.2, 0.25) is 11.8 Å². The van der Waals surface area contributed by atoms with Crippen molar-refractivity contribution in [2.45, 2.75) is 38.1 Å². The van der Waals surface area contributed by atoms with Gasteiger partial charge in [0, 0.05) is 51.5 Å². The van der Waals surface area contributed by atoms with Gasteiger partial charge in [-0.1, -0.05) is 12.2 Å². The molecule has 0 aromatic carbocycles. The van der Waals surface area contributed by atoms with Crippen molar-refractivity contribution in [3.8, 4) is 0 Å². The molecule has 1 N–H and O–H groups in total. The number of aromatic nitrogens is 1. The largest absolute Gasteiger partial charge is 0.342 e. The summed E-state index contributed by atoms with van der Waals surface area (Å²) in [5, 5.41) is 3.21. The minimum atomic E-state index is -0.149. The van der Waals surface area contributed by atoms with Crippen LogP contribution in [0.1, 0.15) is 31.2 Å². The van der Waals surface area contributed by atoms with E-state index in [4.69, 9.17) is 0 Å². The predicted octanol–water partition coefficient (Wildman–Crippen LogP) is 1.38. The zero-order valence-electron chi connectivity index (χ0n) is 15.8. The Morgan fingerprint density at radius 1 is 1.22 bits per heavy atom. The van der Waals surface area contributed by atoms with Crippen molar-refractivity contribution >= 4 is 11.8 Å². The number of hydrogen-bond donors (Lipinski definition) is 1. The van der Waals surface area contributed by atoms with Crippen LogP contribution in [-0.4, -0.2) is 65.4 Å². The highest BCUT2D eigenvalue weighted by atomic mass is 16.2. The second kappa shape index (κ2) is 7.80. The molecule has 1 aromatic rings. The third kappa shape index (κ3) is 4.05. The molecule has 3 aliphatic heterocycles. The van der Waals surface area contributed by atoms with E-state index in [1.807, 2.05) is 34.1 Å². The Morgan fingerprint density at radius 2 is 2.00 bits per heavy atom. The monoisotopic (exact) mass is 368 g/mol. The Balaban J connectivity index is 1.33. The van der Waals surface area contributed by atoms with Crippen LogP contribution in [0.2, 0.25) is 0 Å². The van der Waals surface area contributed by atoms with E-state index in [-0.39, 0.29) is 23.3 Å². The molecule has 1 aromatic heterocycles. The molecular formula is C21H28N4O2. The second-order valence-electron chi connectivity index (χ2n) is 8.06. The van der Waals surface area contributed by atoms with Crippen LogP contribution in [0, 0.1) is 5.41 Å². The van der Waals surface area contributed by atoms with Crippen molar-refractivity contribution in [1.82, 2.24) is 20.1 Å². The van der Waals surface area contributed by atoms with Crippen LogP contribution >= 0.6 is 0 Å². The van der Waals surface area contributed by atoms with Crippen LogP contribution < -0.4 is 5.32 Å². The molecular weight excluding hydrogens is 340 g/mol. The molecule has 6 heteroatoms. The minimum Gasteiger partial charge on any atom is -0.342 e. The van der Waals surface area contributed by atoms with E-state index in [0.29, 0.717) is 6.42 Å². The molecule has 0 unspecified atom stereocenters. The van der Waals surface area contributed by atoms with Crippen LogP contribution in [0.4, 0.5) is 0 Å². The van der Waals surface area contributed by atoms with Gasteiger partial charge in [-0.3, -0.25) is 19.9 Å². The highest BCUT2D eigenvalue weighted by molar-refractivity contribution is 5.84. The number of piperidine rings is 2. The normalized spacial score (nSPS) is 24.6. The Bertz CT molecular complexity index is 710. The average molecular weight is 368 g/mol. The highest BCUT2D eigenvalue weighted by Crippen LogP contribution is 2.40. The summed E-state index contributed by atoms with van der Waals surface area (Å²) in [7, 11) is 0. The summed E-state index contributed by atoms with van der Waals surface area (Å²) < 4.78 is 0. The minimum absolute atomic E-state index is 0.149. The van der Waals surface area contributed by atoms with Gasteiger partial charge in [0.25, 0.3) is 0 Å². The molecule has 2 fully saturated rings. The average Bonchev–Trinajstić information content (AvgIpc) is 3.25. The third-order valence-electron chi connectivity index (χ3n) is 6.35. The Kier molecular flexibility index (Phi) is 5.25. The van der Waals surface area contributed by atoms with Crippen molar-refractivity contribution in [1.29, 1.82) is 0 Å². The van der Waals surface area contributed by atoms with Gasteiger partial charge in [-0.2, -0.15) is 0 Å². The number of amides is 2. The molecule has 0 saturated carbocycles. The fourth-order valence-corrected chi connectivity index (χ4v) is 4.56. The maximum Gasteiger partial charge on any atom is 0.243 e. The van der Waals surface area contributed by atoms with E-state index in [1.165, 1.54) is 5.56 Å². The van der Waals surface area contributed by atoms with E-state index in [9.17, 15) is 9.59 Å². The topological polar surface area (TPSA) is 65.5 Å². The lowest BCUT2D eigenvalue weighted by Gasteiger charge is -2.47. The van der Waals surface area contributed by atoms with E-state index in [0.717, 1.165) is 58.4 Å². The lowest BCUT2D eigenvalue weighted by molar-refractivity contribution is -0.142. The Labute approximate surface area is 160 Å². The van der Waals surface area contributed by atoms with Gasteiger partial charge in [0.15, 0.2) is 0 Å².